The highest BCUT2D eigenvalue weighted by atomic mass is 16.1. The van der Waals surface area contributed by atoms with Crippen molar-refractivity contribution in [3.8, 4) is 0 Å². The topological polar surface area (TPSA) is 49.6 Å². The van der Waals surface area contributed by atoms with E-state index in [1.165, 1.54) is 0 Å². The van der Waals surface area contributed by atoms with Gasteiger partial charge in [-0.1, -0.05) is 20.8 Å². The summed E-state index contributed by atoms with van der Waals surface area (Å²) in [6, 6.07) is 0. The molecule has 92 valence electrons. The van der Waals surface area contributed by atoms with Crippen molar-refractivity contribution in [3.63, 3.8) is 0 Å². The first kappa shape index (κ1) is 16.8. The summed E-state index contributed by atoms with van der Waals surface area (Å²) in [5.74, 6) is -0.263. The predicted molar refractivity (Wildman–Crippen MR) is 65.8 cm³/mol. The Morgan fingerprint density at radius 2 is 1.53 bits per heavy atom. The Bertz CT molecular complexity index is 151. The fraction of sp³-hybridized carbons (Fsp3) is 0.909. The molecule has 4 heteroatoms. The van der Waals surface area contributed by atoms with E-state index in [1.54, 1.807) is 0 Å². The van der Waals surface area contributed by atoms with E-state index in [1.807, 2.05) is 25.8 Å². The number of hydrogen-bond acceptors (Lipinski definition) is 3. The predicted octanol–water partition coefficient (Wildman–Crippen LogP) is 0.772. The average Bonchev–Trinajstić information content (AvgIpc) is 2.17. The number of primary amides is 1. The fourth-order valence-corrected chi connectivity index (χ4v) is 1.18. The Hall–Kier alpha value is -0.610. The van der Waals surface area contributed by atoms with Crippen LogP contribution in [-0.4, -0.2) is 56.0 Å². The fourth-order valence-electron chi connectivity index (χ4n) is 1.18. The maximum atomic E-state index is 10.5. The van der Waals surface area contributed by atoms with Gasteiger partial charge < -0.3 is 10.6 Å². The van der Waals surface area contributed by atoms with Crippen LogP contribution in [0.1, 0.15) is 27.2 Å². The lowest BCUT2D eigenvalue weighted by molar-refractivity contribution is -0.118. The van der Waals surface area contributed by atoms with Crippen LogP contribution in [0.2, 0.25) is 0 Å². The highest BCUT2D eigenvalue weighted by molar-refractivity contribution is 5.75. The van der Waals surface area contributed by atoms with Crippen LogP contribution < -0.4 is 5.73 Å². The first-order valence-corrected chi connectivity index (χ1v) is 5.71. The van der Waals surface area contributed by atoms with Crippen LogP contribution in [0.5, 0.6) is 0 Å². The summed E-state index contributed by atoms with van der Waals surface area (Å²) in [5.41, 5.74) is 5.06. The summed E-state index contributed by atoms with van der Waals surface area (Å²) in [7, 11) is 3.99. The highest BCUT2D eigenvalue weighted by Crippen LogP contribution is 1.88. The molecule has 0 saturated heterocycles. The lowest BCUT2D eigenvalue weighted by Crippen LogP contribution is -2.36. The largest absolute Gasteiger partial charge is 0.369 e. The maximum absolute atomic E-state index is 10.5. The van der Waals surface area contributed by atoms with Gasteiger partial charge in [0, 0.05) is 13.1 Å². The molecule has 0 fully saturated rings. The van der Waals surface area contributed by atoms with E-state index in [0.29, 0.717) is 6.54 Å². The molecule has 0 heterocycles. The molecule has 0 rings (SSSR count). The van der Waals surface area contributed by atoms with Gasteiger partial charge in [-0.2, -0.15) is 0 Å². The molecule has 0 radical (unpaired) electrons. The molecular weight excluding hydrogens is 190 g/mol. The number of rotatable bonds is 7. The van der Waals surface area contributed by atoms with Crippen LogP contribution in [0.25, 0.3) is 0 Å². The number of nitrogens with two attached hydrogens (primary N) is 1. The summed E-state index contributed by atoms with van der Waals surface area (Å²) in [6.45, 7) is 9.48. The van der Waals surface area contributed by atoms with Crippen molar-refractivity contribution in [3.05, 3.63) is 0 Å². The minimum absolute atomic E-state index is 0.263. The van der Waals surface area contributed by atoms with E-state index in [9.17, 15) is 4.79 Å². The second-order valence-corrected chi connectivity index (χ2v) is 3.51. The number of likely N-dealkylation sites (N-methyl/N-ethyl adjacent to an activating group) is 2. The zero-order chi connectivity index (χ0) is 12.3. The van der Waals surface area contributed by atoms with Crippen LogP contribution in [0.15, 0.2) is 0 Å². The minimum atomic E-state index is -0.263. The average molecular weight is 217 g/mol. The Labute approximate surface area is 94.4 Å². The molecule has 0 bridgehead atoms. The SMILES string of the molecule is CC.CCCN(C)CCN(C)CC(N)=O. The normalized spacial score (nSPS) is 10.1. The number of amides is 1. The van der Waals surface area contributed by atoms with Crippen molar-refractivity contribution in [2.45, 2.75) is 27.2 Å². The Kier molecular flexibility index (Phi) is 12.8. The van der Waals surface area contributed by atoms with Gasteiger partial charge in [0.2, 0.25) is 5.91 Å². The molecule has 0 atom stereocenters. The summed E-state index contributed by atoms with van der Waals surface area (Å²) in [6.07, 6.45) is 1.16. The third-order valence-corrected chi connectivity index (χ3v) is 1.89. The molecule has 0 aromatic rings. The smallest absolute Gasteiger partial charge is 0.231 e. The Balaban J connectivity index is 0. The molecule has 0 aliphatic carbocycles. The highest BCUT2D eigenvalue weighted by Gasteiger charge is 2.03. The molecule has 0 saturated carbocycles. The summed E-state index contributed by atoms with van der Waals surface area (Å²) >= 11 is 0. The third kappa shape index (κ3) is 13.4. The molecule has 0 aliphatic rings. The number of hydrogen-bond donors (Lipinski definition) is 1. The van der Waals surface area contributed by atoms with Crippen LogP contribution in [-0.2, 0) is 4.79 Å². The third-order valence-electron chi connectivity index (χ3n) is 1.89. The van der Waals surface area contributed by atoms with Crippen molar-refractivity contribution >= 4 is 5.91 Å². The standard InChI is InChI=1S/C9H21N3O.C2H6/c1-4-5-11(2)6-7-12(3)8-9(10)13;1-2/h4-8H2,1-3H3,(H2,10,13);1-2H3. The monoisotopic (exact) mass is 217 g/mol. The quantitative estimate of drug-likeness (QED) is 0.685. The van der Waals surface area contributed by atoms with Gasteiger partial charge in [-0.15, -0.1) is 0 Å². The molecule has 0 spiro atoms. The number of nitrogens with zero attached hydrogens (tertiary/aromatic N) is 2. The lowest BCUT2D eigenvalue weighted by Gasteiger charge is -2.20. The van der Waals surface area contributed by atoms with E-state index in [0.717, 1.165) is 26.1 Å². The van der Waals surface area contributed by atoms with Crippen LogP contribution >= 0.6 is 0 Å². The Morgan fingerprint density at radius 1 is 1.07 bits per heavy atom. The van der Waals surface area contributed by atoms with E-state index in [-0.39, 0.29) is 5.91 Å². The van der Waals surface area contributed by atoms with Gasteiger partial charge in [0.1, 0.15) is 0 Å². The molecule has 0 aliphatic heterocycles. The van der Waals surface area contributed by atoms with Crippen molar-refractivity contribution in [2.24, 2.45) is 5.73 Å². The van der Waals surface area contributed by atoms with Crippen molar-refractivity contribution < 1.29 is 4.79 Å². The first-order chi connectivity index (χ1) is 7.06. The lowest BCUT2D eigenvalue weighted by atomic mass is 10.4. The summed E-state index contributed by atoms with van der Waals surface area (Å²) in [5, 5.41) is 0. The molecule has 0 aromatic carbocycles. The summed E-state index contributed by atoms with van der Waals surface area (Å²) in [4.78, 5) is 14.7. The molecule has 4 nitrogen and oxygen atoms in total. The molecule has 1 amide bonds. The zero-order valence-corrected chi connectivity index (χ0v) is 10.9. The van der Waals surface area contributed by atoms with E-state index < -0.39 is 0 Å². The van der Waals surface area contributed by atoms with Crippen molar-refractivity contribution in [1.29, 1.82) is 0 Å². The van der Waals surface area contributed by atoms with E-state index >= 15 is 0 Å². The van der Waals surface area contributed by atoms with Crippen LogP contribution in [0.3, 0.4) is 0 Å². The van der Waals surface area contributed by atoms with Gasteiger partial charge in [0.05, 0.1) is 6.54 Å². The van der Waals surface area contributed by atoms with Gasteiger partial charge in [-0.05, 0) is 27.1 Å². The van der Waals surface area contributed by atoms with E-state index in [4.69, 9.17) is 5.73 Å². The second kappa shape index (κ2) is 11.5. The second-order valence-electron chi connectivity index (χ2n) is 3.51. The maximum Gasteiger partial charge on any atom is 0.231 e. The number of carbonyl (C=O) groups is 1. The first-order valence-electron chi connectivity index (χ1n) is 5.71. The molecular formula is C11H27N3O. The van der Waals surface area contributed by atoms with Crippen molar-refractivity contribution in [2.75, 3.05) is 40.3 Å². The molecule has 15 heavy (non-hydrogen) atoms. The van der Waals surface area contributed by atoms with Gasteiger partial charge >= 0.3 is 0 Å². The van der Waals surface area contributed by atoms with Crippen LogP contribution in [0, 0.1) is 0 Å². The molecule has 0 unspecified atom stereocenters. The zero-order valence-electron chi connectivity index (χ0n) is 10.9. The minimum Gasteiger partial charge on any atom is -0.369 e. The van der Waals surface area contributed by atoms with Gasteiger partial charge in [0.25, 0.3) is 0 Å². The molecule has 0 aromatic heterocycles. The van der Waals surface area contributed by atoms with Gasteiger partial charge in [-0.3, -0.25) is 9.69 Å². The van der Waals surface area contributed by atoms with Crippen molar-refractivity contribution in [1.82, 2.24) is 9.80 Å². The molecule has 2 N–H and O–H groups in total. The summed E-state index contributed by atoms with van der Waals surface area (Å²) < 4.78 is 0. The van der Waals surface area contributed by atoms with Gasteiger partial charge in [-0.25, -0.2) is 0 Å². The van der Waals surface area contributed by atoms with Gasteiger partial charge in [0.15, 0.2) is 0 Å². The number of carbonyl (C=O) groups excluding carboxylic acids is 1. The van der Waals surface area contributed by atoms with Crippen LogP contribution in [0.4, 0.5) is 0 Å². The van der Waals surface area contributed by atoms with E-state index in [2.05, 4.69) is 18.9 Å². The Morgan fingerprint density at radius 3 is 1.93 bits per heavy atom.